The van der Waals surface area contributed by atoms with Gasteiger partial charge in [-0.15, -0.1) is 22.7 Å². The first-order valence-corrected chi connectivity index (χ1v) is 18.9. The Balaban J connectivity index is 1.16. The Morgan fingerprint density at radius 1 is 0.481 bits per heavy atom. The Morgan fingerprint density at radius 3 is 2.02 bits per heavy atom. The largest absolute Gasteiger partial charge is 0.310 e. The summed E-state index contributed by atoms with van der Waals surface area (Å²) in [6, 6.07) is 49.4. The Hall–Kier alpha value is -6.28. The van der Waals surface area contributed by atoms with E-state index in [1.807, 2.05) is 71.3 Å². The molecular weight excluding hydrogens is 675 g/mol. The van der Waals surface area contributed by atoms with Gasteiger partial charge in [0.25, 0.3) is 0 Å². The van der Waals surface area contributed by atoms with E-state index >= 15 is 0 Å². The maximum Gasteiger partial charge on any atom is 0.179 e. The van der Waals surface area contributed by atoms with Crippen LogP contribution in [0.3, 0.4) is 0 Å². The van der Waals surface area contributed by atoms with Gasteiger partial charge in [0.15, 0.2) is 5.82 Å². The minimum atomic E-state index is -0.441. The summed E-state index contributed by atoms with van der Waals surface area (Å²) in [6.45, 7) is 0. The molecule has 0 N–H and O–H groups in total. The maximum absolute atomic E-state index is 5.11. The van der Waals surface area contributed by atoms with E-state index in [0.717, 1.165) is 56.2 Å². The van der Waals surface area contributed by atoms with Gasteiger partial charge in [-0.25, -0.2) is 9.97 Å². The van der Waals surface area contributed by atoms with Crippen molar-refractivity contribution in [2.45, 2.75) is 5.41 Å². The number of thiophene rings is 2. The monoisotopic (exact) mass is 701 g/mol. The molecule has 9 aromatic rings. The van der Waals surface area contributed by atoms with E-state index in [0.29, 0.717) is 5.82 Å². The predicted octanol–water partition coefficient (Wildman–Crippen LogP) is 11.7. The lowest BCUT2D eigenvalue weighted by atomic mass is 9.65. The van der Waals surface area contributed by atoms with Gasteiger partial charge >= 0.3 is 0 Å². The third-order valence-corrected chi connectivity index (χ3v) is 12.3. The molecule has 0 unspecified atom stereocenters. The van der Waals surface area contributed by atoms with Gasteiger partial charge in [0, 0.05) is 44.3 Å². The van der Waals surface area contributed by atoms with E-state index in [1.54, 1.807) is 6.20 Å². The van der Waals surface area contributed by atoms with Gasteiger partial charge < -0.3 is 4.90 Å². The molecule has 5 nitrogen and oxygen atoms in total. The molecular formula is C45H27N5S2. The number of anilines is 3. The van der Waals surface area contributed by atoms with Crippen LogP contribution in [0.1, 0.15) is 22.3 Å². The number of para-hydroxylation sites is 1. The summed E-state index contributed by atoms with van der Waals surface area (Å²) >= 11 is 3.69. The van der Waals surface area contributed by atoms with Crippen molar-refractivity contribution in [1.82, 2.24) is 19.9 Å². The predicted molar refractivity (Wildman–Crippen MR) is 213 cm³/mol. The number of nitrogens with zero attached hydrogens (tertiary/aromatic N) is 5. The number of benzene rings is 4. The third-order valence-electron chi connectivity index (χ3n) is 10.3. The fourth-order valence-electron chi connectivity index (χ4n) is 8.19. The first kappa shape index (κ1) is 29.5. The summed E-state index contributed by atoms with van der Waals surface area (Å²) in [6.07, 6.45) is 3.67. The van der Waals surface area contributed by atoms with E-state index in [1.165, 1.54) is 32.0 Å². The Labute approximate surface area is 308 Å². The minimum absolute atomic E-state index is 0.441. The second-order valence-corrected chi connectivity index (χ2v) is 14.9. The van der Waals surface area contributed by atoms with Crippen molar-refractivity contribution in [2.24, 2.45) is 0 Å². The van der Waals surface area contributed by atoms with Crippen LogP contribution < -0.4 is 4.90 Å². The average Bonchev–Trinajstić information content (AvgIpc) is 3.95. The molecule has 0 atom stereocenters. The molecule has 11 rings (SSSR count). The average molecular weight is 702 g/mol. The van der Waals surface area contributed by atoms with Crippen LogP contribution in [-0.2, 0) is 5.41 Å². The van der Waals surface area contributed by atoms with Crippen LogP contribution in [0.2, 0.25) is 0 Å². The molecule has 0 saturated heterocycles. The van der Waals surface area contributed by atoms with Gasteiger partial charge in [0.2, 0.25) is 0 Å². The van der Waals surface area contributed by atoms with Gasteiger partial charge in [-0.3, -0.25) is 9.97 Å². The van der Waals surface area contributed by atoms with Crippen LogP contribution in [0.4, 0.5) is 17.1 Å². The zero-order chi connectivity index (χ0) is 34.2. The highest BCUT2D eigenvalue weighted by Crippen LogP contribution is 2.65. The zero-order valence-corrected chi connectivity index (χ0v) is 29.3. The molecule has 5 aromatic heterocycles. The lowest BCUT2D eigenvalue weighted by molar-refractivity contribution is 0.757. The van der Waals surface area contributed by atoms with E-state index in [9.17, 15) is 0 Å². The summed E-state index contributed by atoms with van der Waals surface area (Å²) < 4.78 is 0. The summed E-state index contributed by atoms with van der Waals surface area (Å²) in [5.41, 5.74) is 13.6. The summed E-state index contributed by atoms with van der Waals surface area (Å²) in [5, 5.41) is 5.63. The van der Waals surface area contributed by atoms with Gasteiger partial charge in [0.1, 0.15) is 5.69 Å². The highest BCUT2D eigenvalue weighted by Gasteiger charge is 2.53. The summed E-state index contributed by atoms with van der Waals surface area (Å²) in [5.74, 6) is 0.592. The second-order valence-electron chi connectivity index (χ2n) is 13.1. The fourth-order valence-corrected chi connectivity index (χ4v) is 10.3. The van der Waals surface area contributed by atoms with Crippen molar-refractivity contribution in [3.63, 3.8) is 0 Å². The van der Waals surface area contributed by atoms with Gasteiger partial charge in [-0.2, -0.15) is 0 Å². The number of aromatic nitrogens is 4. The number of rotatable bonds is 4. The second kappa shape index (κ2) is 11.4. The van der Waals surface area contributed by atoms with E-state index in [4.69, 9.17) is 15.0 Å². The molecule has 1 aliphatic carbocycles. The van der Waals surface area contributed by atoms with Crippen molar-refractivity contribution in [3.05, 3.63) is 185 Å². The van der Waals surface area contributed by atoms with Crippen molar-refractivity contribution >= 4 is 50.6 Å². The number of hydrogen-bond donors (Lipinski definition) is 0. The third kappa shape index (κ3) is 4.21. The fraction of sp³-hybridized carbons (Fsp3) is 0.0222. The van der Waals surface area contributed by atoms with Gasteiger partial charge in [-0.05, 0) is 99.7 Å². The molecule has 0 amide bonds. The molecule has 6 heterocycles. The first-order valence-electron chi connectivity index (χ1n) is 17.2. The molecule has 0 fully saturated rings. The number of pyridine rings is 2. The highest BCUT2D eigenvalue weighted by molar-refractivity contribution is 7.21. The van der Waals surface area contributed by atoms with Crippen LogP contribution >= 0.6 is 22.7 Å². The van der Waals surface area contributed by atoms with Crippen molar-refractivity contribution < 1.29 is 0 Å². The van der Waals surface area contributed by atoms with Crippen LogP contribution in [0, 0.1) is 0 Å². The van der Waals surface area contributed by atoms with E-state index in [-0.39, 0.29) is 0 Å². The molecule has 0 saturated carbocycles. The standard InChI is InChI=1S/C45H27N5S2/c1-2-10-28(11-3-1)38-26-39(49-44(48-38)36-16-6-7-20-46-36)29-12-8-14-31(24-29)50-40-17-5-4-15-32(40)45(33-18-22-51-42(33)43-34(45)19-23-52-43)35-25-30-13-9-21-47-37(30)27-41(35)50/h1-27H. The molecule has 2 aliphatic rings. The van der Waals surface area contributed by atoms with Gasteiger partial charge in [-0.1, -0.05) is 72.8 Å². The number of hydrogen-bond acceptors (Lipinski definition) is 7. The molecule has 52 heavy (non-hydrogen) atoms. The maximum atomic E-state index is 5.11. The van der Waals surface area contributed by atoms with Crippen LogP contribution in [0.15, 0.2) is 163 Å². The molecule has 1 spiro atoms. The van der Waals surface area contributed by atoms with Crippen molar-refractivity contribution in [1.29, 1.82) is 0 Å². The normalized spacial score (nSPS) is 13.5. The minimum Gasteiger partial charge on any atom is -0.310 e. The SMILES string of the molecule is c1ccc(-c2cc(-c3cccc(N4c5ccccc5C5(c6cc7cccnc7cc64)c4ccsc4-c4sccc45)c3)nc(-c3ccccn3)n2)cc1. The molecule has 0 bridgehead atoms. The quantitative estimate of drug-likeness (QED) is 0.183. The molecule has 0 radical (unpaired) electrons. The summed E-state index contributed by atoms with van der Waals surface area (Å²) in [4.78, 5) is 24.7. The van der Waals surface area contributed by atoms with E-state index in [2.05, 4.69) is 118 Å². The molecule has 4 aromatic carbocycles. The lowest BCUT2D eigenvalue weighted by Gasteiger charge is -2.44. The highest BCUT2D eigenvalue weighted by atomic mass is 32.1. The topological polar surface area (TPSA) is 54.8 Å². The summed E-state index contributed by atoms with van der Waals surface area (Å²) in [7, 11) is 0. The number of fused-ring (bicyclic) bond motifs is 10. The molecule has 7 heteroatoms. The first-order chi connectivity index (χ1) is 25.8. The smallest absolute Gasteiger partial charge is 0.179 e. The van der Waals surface area contributed by atoms with Crippen LogP contribution in [0.25, 0.3) is 54.7 Å². The van der Waals surface area contributed by atoms with E-state index < -0.39 is 5.41 Å². The molecule has 1 aliphatic heterocycles. The van der Waals surface area contributed by atoms with Crippen LogP contribution in [-0.4, -0.2) is 19.9 Å². The van der Waals surface area contributed by atoms with Crippen LogP contribution in [0.5, 0.6) is 0 Å². The molecule has 244 valence electrons. The van der Waals surface area contributed by atoms with Crippen molar-refractivity contribution in [3.8, 4) is 43.8 Å². The Bertz CT molecular complexity index is 2730. The Kier molecular flexibility index (Phi) is 6.44. The Morgan fingerprint density at radius 2 is 1.21 bits per heavy atom. The zero-order valence-electron chi connectivity index (χ0n) is 27.6. The lowest BCUT2D eigenvalue weighted by Crippen LogP contribution is -2.35. The van der Waals surface area contributed by atoms with Gasteiger partial charge in [0.05, 0.1) is 33.7 Å². The van der Waals surface area contributed by atoms with Crippen molar-refractivity contribution in [2.75, 3.05) is 4.90 Å².